The van der Waals surface area contributed by atoms with E-state index in [1.807, 2.05) is 25.1 Å². The first-order chi connectivity index (χ1) is 8.22. The number of hydrogen-bond acceptors (Lipinski definition) is 4. The molecule has 0 N–H and O–H groups in total. The molecule has 0 fully saturated rings. The molecule has 2 aromatic heterocycles. The van der Waals surface area contributed by atoms with Crippen LogP contribution in [-0.4, -0.2) is 17.3 Å². The van der Waals surface area contributed by atoms with Gasteiger partial charge in [-0.1, -0.05) is 23.7 Å². The van der Waals surface area contributed by atoms with Crippen molar-refractivity contribution in [2.24, 2.45) is 0 Å². The highest BCUT2D eigenvalue weighted by molar-refractivity contribution is 6.34. The maximum Gasteiger partial charge on any atom is 0.195 e. The van der Waals surface area contributed by atoms with E-state index in [0.717, 1.165) is 16.5 Å². The molecule has 0 aliphatic carbocycles. The fourth-order valence-electron chi connectivity index (χ4n) is 1.97. The van der Waals surface area contributed by atoms with Gasteiger partial charge in [0.2, 0.25) is 0 Å². The van der Waals surface area contributed by atoms with Crippen molar-refractivity contribution in [2.75, 3.05) is 7.11 Å². The molecular weight excluding hydrogens is 240 g/mol. The van der Waals surface area contributed by atoms with E-state index in [2.05, 4.69) is 10.2 Å². The lowest BCUT2D eigenvalue weighted by Crippen LogP contribution is -1.87. The van der Waals surface area contributed by atoms with Crippen molar-refractivity contribution in [3.05, 3.63) is 29.0 Å². The average Bonchev–Trinajstić information content (AvgIpc) is 2.74. The highest BCUT2D eigenvalue weighted by Crippen LogP contribution is 2.37. The number of rotatable bonds is 1. The average molecular weight is 249 g/mol. The third-order valence-corrected chi connectivity index (χ3v) is 2.98. The molecule has 2 heterocycles. The van der Waals surface area contributed by atoms with Crippen molar-refractivity contribution >= 4 is 33.5 Å². The van der Waals surface area contributed by atoms with E-state index < -0.39 is 0 Å². The molecule has 0 amide bonds. The van der Waals surface area contributed by atoms with E-state index in [-0.39, 0.29) is 5.15 Å². The van der Waals surface area contributed by atoms with Crippen molar-refractivity contribution in [3.63, 3.8) is 0 Å². The van der Waals surface area contributed by atoms with Gasteiger partial charge < -0.3 is 9.15 Å². The molecule has 0 aliphatic rings. The number of benzene rings is 1. The van der Waals surface area contributed by atoms with Crippen LogP contribution in [0.2, 0.25) is 5.15 Å². The summed E-state index contributed by atoms with van der Waals surface area (Å²) in [7, 11) is 1.60. The minimum absolute atomic E-state index is 0.267. The van der Waals surface area contributed by atoms with Gasteiger partial charge in [0.05, 0.1) is 18.2 Å². The Morgan fingerprint density at radius 3 is 2.82 bits per heavy atom. The van der Waals surface area contributed by atoms with E-state index in [1.54, 1.807) is 7.11 Å². The minimum atomic E-state index is 0.267. The molecule has 86 valence electrons. The Balaban J connectivity index is 2.58. The van der Waals surface area contributed by atoms with Gasteiger partial charge in [-0.25, -0.2) is 0 Å². The second-order valence-corrected chi connectivity index (χ2v) is 4.08. The summed E-state index contributed by atoms with van der Waals surface area (Å²) in [4.78, 5) is 0. The van der Waals surface area contributed by atoms with Crippen LogP contribution < -0.4 is 4.74 Å². The van der Waals surface area contributed by atoms with Crippen molar-refractivity contribution in [1.29, 1.82) is 0 Å². The summed E-state index contributed by atoms with van der Waals surface area (Å²) >= 11 is 5.99. The molecule has 1 aromatic carbocycles. The Kier molecular flexibility index (Phi) is 2.19. The van der Waals surface area contributed by atoms with Crippen LogP contribution in [0.25, 0.3) is 21.9 Å². The van der Waals surface area contributed by atoms with Crippen LogP contribution in [0.1, 0.15) is 5.69 Å². The lowest BCUT2D eigenvalue weighted by atomic mass is 10.1. The zero-order chi connectivity index (χ0) is 12.0. The lowest BCUT2D eigenvalue weighted by Gasteiger charge is -1.98. The molecule has 5 heteroatoms. The number of furan rings is 1. The summed E-state index contributed by atoms with van der Waals surface area (Å²) < 4.78 is 11.0. The highest BCUT2D eigenvalue weighted by Gasteiger charge is 2.16. The SMILES string of the molecule is COc1cccc2c1oc1c(Cl)nnc(C)c12. The van der Waals surface area contributed by atoms with Crippen molar-refractivity contribution in [3.8, 4) is 5.75 Å². The number of hydrogen-bond donors (Lipinski definition) is 0. The van der Waals surface area contributed by atoms with Gasteiger partial charge >= 0.3 is 0 Å². The molecule has 0 unspecified atom stereocenters. The number of ether oxygens (including phenoxy) is 1. The Morgan fingerprint density at radius 1 is 1.24 bits per heavy atom. The molecule has 17 heavy (non-hydrogen) atoms. The van der Waals surface area contributed by atoms with Crippen LogP contribution in [0.15, 0.2) is 22.6 Å². The molecule has 0 atom stereocenters. The number of aryl methyl sites for hydroxylation is 1. The number of para-hydroxylation sites is 1. The summed E-state index contributed by atoms with van der Waals surface area (Å²) in [5.41, 5.74) is 2.01. The Labute approximate surface area is 102 Å². The topological polar surface area (TPSA) is 48.2 Å². The first-order valence-electron chi connectivity index (χ1n) is 5.10. The van der Waals surface area contributed by atoms with Crippen LogP contribution in [-0.2, 0) is 0 Å². The normalized spacial score (nSPS) is 11.2. The third kappa shape index (κ3) is 1.37. The van der Waals surface area contributed by atoms with E-state index >= 15 is 0 Å². The zero-order valence-electron chi connectivity index (χ0n) is 9.32. The predicted octanol–water partition coefficient (Wildman–Crippen LogP) is 3.35. The molecule has 0 saturated heterocycles. The van der Waals surface area contributed by atoms with E-state index in [0.29, 0.717) is 16.9 Å². The molecule has 4 nitrogen and oxygen atoms in total. The molecular formula is C12H9ClN2O2. The second kappa shape index (κ2) is 3.60. The predicted molar refractivity (Wildman–Crippen MR) is 65.6 cm³/mol. The number of nitrogens with zero attached hydrogens (tertiary/aromatic N) is 2. The fourth-order valence-corrected chi connectivity index (χ4v) is 2.14. The van der Waals surface area contributed by atoms with Crippen LogP contribution in [0.3, 0.4) is 0 Å². The van der Waals surface area contributed by atoms with E-state index in [1.165, 1.54) is 0 Å². The number of fused-ring (bicyclic) bond motifs is 3. The monoisotopic (exact) mass is 248 g/mol. The van der Waals surface area contributed by atoms with Crippen LogP contribution in [0.5, 0.6) is 5.75 Å². The van der Waals surface area contributed by atoms with Gasteiger partial charge in [-0.3, -0.25) is 0 Å². The largest absolute Gasteiger partial charge is 0.493 e. The van der Waals surface area contributed by atoms with Gasteiger partial charge in [0.1, 0.15) is 0 Å². The molecule has 3 rings (SSSR count). The van der Waals surface area contributed by atoms with Gasteiger partial charge in [0, 0.05) is 5.39 Å². The van der Waals surface area contributed by atoms with Crippen molar-refractivity contribution in [2.45, 2.75) is 6.92 Å². The van der Waals surface area contributed by atoms with Crippen LogP contribution in [0, 0.1) is 6.92 Å². The molecule has 0 aliphatic heterocycles. The van der Waals surface area contributed by atoms with Crippen LogP contribution in [0.4, 0.5) is 0 Å². The summed E-state index contributed by atoms with van der Waals surface area (Å²) in [5.74, 6) is 0.675. The Bertz CT molecular complexity index is 721. The standard InChI is InChI=1S/C12H9ClN2O2/c1-6-9-7-4-3-5-8(16-2)10(7)17-11(9)12(13)15-14-6/h3-5H,1-2H3. The van der Waals surface area contributed by atoms with Crippen molar-refractivity contribution in [1.82, 2.24) is 10.2 Å². The van der Waals surface area contributed by atoms with Crippen molar-refractivity contribution < 1.29 is 9.15 Å². The summed E-state index contributed by atoms with van der Waals surface area (Å²) in [6.07, 6.45) is 0. The maximum atomic E-state index is 5.99. The Morgan fingerprint density at radius 2 is 2.06 bits per heavy atom. The van der Waals surface area contributed by atoms with Crippen LogP contribution >= 0.6 is 11.6 Å². The quantitative estimate of drug-likeness (QED) is 0.663. The smallest absolute Gasteiger partial charge is 0.195 e. The van der Waals surface area contributed by atoms with E-state index in [4.69, 9.17) is 20.8 Å². The molecule has 0 saturated carbocycles. The second-order valence-electron chi connectivity index (χ2n) is 3.72. The number of aromatic nitrogens is 2. The zero-order valence-corrected chi connectivity index (χ0v) is 10.1. The van der Waals surface area contributed by atoms with Gasteiger partial charge in [-0.15, -0.1) is 5.10 Å². The van der Waals surface area contributed by atoms with Gasteiger partial charge in [0.25, 0.3) is 0 Å². The fraction of sp³-hybridized carbons (Fsp3) is 0.167. The van der Waals surface area contributed by atoms with Gasteiger partial charge in [-0.2, -0.15) is 5.10 Å². The minimum Gasteiger partial charge on any atom is -0.493 e. The number of methoxy groups -OCH3 is 1. The van der Waals surface area contributed by atoms with Gasteiger partial charge in [-0.05, 0) is 13.0 Å². The van der Waals surface area contributed by atoms with Gasteiger partial charge in [0.15, 0.2) is 22.1 Å². The highest BCUT2D eigenvalue weighted by atomic mass is 35.5. The molecule has 3 aromatic rings. The molecule has 0 bridgehead atoms. The summed E-state index contributed by atoms with van der Waals surface area (Å²) in [5, 5.41) is 9.93. The Hall–Kier alpha value is -1.81. The summed E-state index contributed by atoms with van der Waals surface area (Å²) in [6.45, 7) is 1.88. The summed E-state index contributed by atoms with van der Waals surface area (Å²) in [6, 6.07) is 5.70. The first kappa shape index (κ1) is 10.4. The molecule has 0 radical (unpaired) electrons. The lowest BCUT2D eigenvalue weighted by molar-refractivity contribution is 0.412. The third-order valence-electron chi connectivity index (χ3n) is 2.74. The van der Waals surface area contributed by atoms with E-state index in [9.17, 15) is 0 Å². The maximum absolute atomic E-state index is 5.99. The first-order valence-corrected chi connectivity index (χ1v) is 5.48. The molecule has 0 spiro atoms. The number of halogens is 1.